The Morgan fingerprint density at radius 2 is 2.00 bits per heavy atom. The predicted octanol–water partition coefficient (Wildman–Crippen LogP) is 5.37. The van der Waals surface area contributed by atoms with E-state index < -0.39 is 0 Å². The lowest BCUT2D eigenvalue weighted by atomic mass is 10.2. The van der Waals surface area contributed by atoms with Crippen molar-refractivity contribution >= 4 is 40.4 Å². The van der Waals surface area contributed by atoms with Gasteiger partial charge in [0.1, 0.15) is 9.88 Å². The van der Waals surface area contributed by atoms with E-state index in [9.17, 15) is 4.79 Å². The lowest BCUT2D eigenvalue weighted by molar-refractivity contribution is 0.0765. The van der Waals surface area contributed by atoms with Gasteiger partial charge in [-0.25, -0.2) is 4.98 Å². The van der Waals surface area contributed by atoms with Crippen molar-refractivity contribution in [3.8, 4) is 10.6 Å². The molecule has 0 spiro atoms. The van der Waals surface area contributed by atoms with Crippen LogP contribution in [0, 0.1) is 6.92 Å². The number of aromatic nitrogens is 1. The van der Waals surface area contributed by atoms with Gasteiger partial charge in [-0.15, -0.1) is 11.3 Å². The summed E-state index contributed by atoms with van der Waals surface area (Å²) < 4.78 is 0. The summed E-state index contributed by atoms with van der Waals surface area (Å²) in [7, 11) is 0. The first kappa shape index (κ1) is 20.6. The van der Waals surface area contributed by atoms with Crippen molar-refractivity contribution in [2.24, 2.45) is 0 Å². The summed E-state index contributed by atoms with van der Waals surface area (Å²) >= 11 is 13.6. The Bertz CT molecular complexity index is 809. The van der Waals surface area contributed by atoms with Gasteiger partial charge in [-0.05, 0) is 45.0 Å². The minimum absolute atomic E-state index is 0.0913. The molecule has 0 radical (unpaired) electrons. The molecule has 2 heterocycles. The van der Waals surface area contributed by atoms with Gasteiger partial charge in [0.05, 0.1) is 15.7 Å². The molecule has 1 aromatic heterocycles. The van der Waals surface area contributed by atoms with Gasteiger partial charge in [-0.3, -0.25) is 4.79 Å². The molecule has 2 aromatic rings. The Hall–Kier alpha value is -1.14. The van der Waals surface area contributed by atoms with Crippen molar-refractivity contribution in [3.05, 3.63) is 38.8 Å². The SMILES string of the molecule is CCCCN1CCCN(C(=O)c2sc(-c3ccc(Cl)c(Cl)c3)nc2C)CC1. The predicted molar refractivity (Wildman–Crippen MR) is 114 cm³/mol. The van der Waals surface area contributed by atoms with Crippen molar-refractivity contribution in [2.75, 3.05) is 32.7 Å². The maximum absolute atomic E-state index is 13.1. The second kappa shape index (κ2) is 9.37. The average molecular weight is 426 g/mol. The molecule has 7 heteroatoms. The smallest absolute Gasteiger partial charge is 0.265 e. The van der Waals surface area contributed by atoms with Crippen LogP contribution in [0.25, 0.3) is 10.6 Å². The Labute approximate surface area is 175 Å². The summed E-state index contributed by atoms with van der Waals surface area (Å²) in [6.07, 6.45) is 3.44. The molecule has 1 saturated heterocycles. The van der Waals surface area contributed by atoms with Crippen LogP contribution in [0.2, 0.25) is 10.0 Å². The van der Waals surface area contributed by atoms with Crippen molar-refractivity contribution in [1.29, 1.82) is 0 Å². The highest BCUT2D eigenvalue weighted by molar-refractivity contribution is 7.17. The third-order valence-electron chi connectivity index (χ3n) is 4.86. The highest BCUT2D eigenvalue weighted by Gasteiger charge is 2.24. The van der Waals surface area contributed by atoms with Crippen LogP contribution >= 0.6 is 34.5 Å². The van der Waals surface area contributed by atoms with Crippen LogP contribution in [0.4, 0.5) is 0 Å². The van der Waals surface area contributed by atoms with E-state index in [0.29, 0.717) is 10.0 Å². The summed E-state index contributed by atoms with van der Waals surface area (Å²) in [5, 5.41) is 1.81. The van der Waals surface area contributed by atoms with E-state index in [1.165, 1.54) is 24.2 Å². The second-order valence-corrected chi connectivity index (χ2v) is 8.72. The highest BCUT2D eigenvalue weighted by Crippen LogP contribution is 2.33. The number of carbonyl (C=O) groups excluding carboxylic acids is 1. The number of aryl methyl sites for hydroxylation is 1. The first-order chi connectivity index (χ1) is 13.0. The molecule has 1 amide bonds. The topological polar surface area (TPSA) is 36.4 Å². The first-order valence-corrected chi connectivity index (χ1v) is 11.0. The maximum atomic E-state index is 13.1. The number of carbonyl (C=O) groups is 1. The summed E-state index contributed by atoms with van der Waals surface area (Å²) in [5.74, 6) is 0.0913. The van der Waals surface area contributed by atoms with Crippen molar-refractivity contribution in [2.45, 2.75) is 33.1 Å². The number of hydrogen-bond acceptors (Lipinski definition) is 4. The molecule has 4 nitrogen and oxygen atoms in total. The monoisotopic (exact) mass is 425 g/mol. The van der Waals surface area contributed by atoms with Crippen LogP contribution in [-0.2, 0) is 0 Å². The highest BCUT2D eigenvalue weighted by atomic mass is 35.5. The fraction of sp³-hybridized carbons (Fsp3) is 0.500. The summed E-state index contributed by atoms with van der Waals surface area (Å²) in [4.78, 5) is 22.9. The van der Waals surface area contributed by atoms with E-state index in [1.807, 2.05) is 17.9 Å². The van der Waals surface area contributed by atoms with E-state index in [2.05, 4.69) is 16.8 Å². The molecule has 1 aliphatic heterocycles. The van der Waals surface area contributed by atoms with E-state index in [4.69, 9.17) is 23.2 Å². The quantitative estimate of drug-likeness (QED) is 0.645. The summed E-state index contributed by atoms with van der Waals surface area (Å²) in [6.45, 7) is 8.84. The van der Waals surface area contributed by atoms with Gasteiger partial charge in [0.25, 0.3) is 5.91 Å². The van der Waals surface area contributed by atoms with Crippen LogP contribution in [0.3, 0.4) is 0 Å². The fourth-order valence-corrected chi connectivity index (χ4v) is 4.60. The zero-order valence-electron chi connectivity index (χ0n) is 15.8. The minimum Gasteiger partial charge on any atom is -0.337 e. The fourth-order valence-electron chi connectivity index (χ4n) is 3.27. The molecule has 3 rings (SSSR count). The van der Waals surface area contributed by atoms with Gasteiger partial charge in [-0.2, -0.15) is 0 Å². The van der Waals surface area contributed by atoms with Crippen molar-refractivity contribution in [3.63, 3.8) is 0 Å². The number of thiazole rings is 1. The van der Waals surface area contributed by atoms with Gasteiger partial charge in [0.2, 0.25) is 0 Å². The number of hydrogen-bond donors (Lipinski definition) is 0. The van der Waals surface area contributed by atoms with Gasteiger partial charge < -0.3 is 9.80 Å². The molecule has 1 fully saturated rings. The molecular formula is C20H25Cl2N3OS. The number of amides is 1. The van der Waals surface area contributed by atoms with Gasteiger partial charge in [-0.1, -0.05) is 42.6 Å². The zero-order chi connectivity index (χ0) is 19.4. The molecule has 0 saturated carbocycles. The summed E-state index contributed by atoms with van der Waals surface area (Å²) in [6, 6.07) is 5.45. The van der Waals surface area contributed by atoms with Gasteiger partial charge >= 0.3 is 0 Å². The molecular weight excluding hydrogens is 401 g/mol. The number of unbranched alkanes of at least 4 members (excludes halogenated alkanes) is 1. The third kappa shape index (κ3) is 5.02. The number of halogens is 2. The molecule has 0 bridgehead atoms. The van der Waals surface area contributed by atoms with Crippen LogP contribution in [0.5, 0.6) is 0 Å². The Morgan fingerprint density at radius 3 is 2.74 bits per heavy atom. The second-order valence-electron chi connectivity index (χ2n) is 6.90. The largest absolute Gasteiger partial charge is 0.337 e. The van der Waals surface area contributed by atoms with Gasteiger partial charge in [0.15, 0.2) is 0 Å². The number of rotatable bonds is 5. The van der Waals surface area contributed by atoms with Crippen molar-refractivity contribution < 1.29 is 4.79 Å². The van der Waals surface area contributed by atoms with Gasteiger partial charge in [0, 0.05) is 25.2 Å². The summed E-state index contributed by atoms with van der Waals surface area (Å²) in [5.41, 5.74) is 1.66. The van der Waals surface area contributed by atoms with E-state index >= 15 is 0 Å². The number of nitrogens with zero attached hydrogens (tertiary/aromatic N) is 3. The molecule has 1 aromatic carbocycles. The van der Waals surface area contributed by atoms with Crippen LogP contribution in [-0.4, -0.2) is 53.4 Å². The van der Waals surface area contributed by atoms with Crippen molar-refractivity contribution in [1.82, 2.24) is 14.8 Å². The molecule has 0 atom stereocenters. The number of benzene rings is 1. The lowest BCUT2D eigenvalue weighted by Crippen LogP contribution is -2.35. The Balaban J connectivity index is 1.73. The molecule has 0 N–H and O–H groups in total. The molecule has 0 aliphatic carbocycles. The Morgan fingerprint density at radius 1 is 1.19 bits per heavy atom. The van der Waals surface area contributed by atoms with Crippen LogP contribution < -0.4 is 0 Å². The molecule has 0 unspecified atom stereocenters. The standard InChI is InChI=1S/C20H25Cl2N3OS/c1-3-4-8-24-9-5-10-25(12-11-24)20(26)18-14(2)23-19(27-18)15-6-7-16(21)17(22)13-15/h6-7,13H,3-5,8-12H2,1-2H3. The molecule has 1 aliphatic rings. The van der Waals surface area contributed by atoms with Crippen LogP contribution in [0.1, 0.15) is 41.6 Å². The minimum atomic E-state index is 0.0913. The van der Waals surface area contributed by atoms with E-state index in [-0.39, 0.29) is 5.91 Å². The maximum Gasteiger partial charge on any atom is 0.265 e. The van der Waals surface area contributed by atoms with E-state index in [0.717, 1.165) is 60.3 Å². The molecule has 27 heavy (non-hydrogen) atoms. The van der Waals surface area contributed by atoms with Crippen LogP contribution in [0.15, 0.2) is 18.2 Å². The average Bonchev–Trinajstić information content (AvgIpc) is 2.89. The first-order valence-electron chi connectivity index (χ1n) is 9.44. The zero-order valence-corrected chi connectivity index (χ0v) is 18.1. The lowest BCUT2D eigenvalue weighted by Gasteiger charge is -2.21. The Kier molecular flexibility index (Phi) is 7.15. The molecule has 146 valence electrons. The normalized spacial score (nSPS) is 15.8. The van der Waals surface area contributed by atoms with E-state index in [1.54, 1.807) is 12.1 Å². The third-order valence-corrected chi connectivity index (χ3v) is 6.79.